The lowest BCUT2D eigenvalue weighted by atomic mass is 10.1. The molecule has 1 fully saturated rings. The molecule has 0 aliphatic carbocycles. The lowest BCUT2D eigenvalue weighted by molar-refractivity contribution is 0.0695. The summed E-state index contributed by atoms with van der Waals surface area (Å²) in [6.45, 7) is 2.63. The molecule has 32 heavy (non-hydrogen) atoms. The fourth-order valence-corrected chi connectivity index (χ4v) is 3.45. The van der Waals surface area contributed by atoms with E-state index in [4.69, 9.17) is 0 Å². The molecule has 0 saturated carbocycles. The van der Waals surface area contributed by atoms with Crippen molar-refractivity contribution in [1.29, 1.82) is 0 Å². The first-order valence-corrected chi connectivity index (χ1v) is 8.79. The first kappa shape index (κ1) is 28.9. The largest absolute Gasteiger partial charge is 0.477 e. The SMILES string of the molecule is Cl.O.O.O.O=C(O)c1cn(-c2ccc(F)cc2)c2cc(N3CCNCC3)c(F)cc2c1=O. The summed E-state index contributed by atoms with van der Waals surface area (Å²) >= 11 is 0. The molecular weight excluding hydrogens is 452 g/mol. The summed E-state index contributed by atoms with van der Waals surface area (Å²) in [6, 6.07) is 8.05. The normalized spacial score (nSPS) is 12.6. The molecule has 1 aromatic heterocycles. The van der Waals surface area contributed by atoms with Crippen molar-refractivity contribution >= 4 is 35.0 Å². The molecule has 4 rings (SSSR count). The van der Waals surface area contributed by atoms with Crippen LogP contribution in [0.1, 0.15) is 10.4 Å². The number of rotatable bonds is 3. The summed E-state index contributed by atoms with van der Waals surface area (Å²) in [5.41, 5.74) is -0.0755. The maximum absolute atomic E-state index is 14.8. The summed E-state index contributed by atoms with van der Waals surface area (Å²) < 4.78 is 29.6. The minimum atomic E-state index is -1.41. The van der Waals surface area contributed by atoms with E-state index in [1.807, 2.05) is 4.90 Å². The van der Waals surface area contributed by atoms with Crippen molar-refractivity contribution in [3.8, 4) is 5.69 Å². The maximum atomic E-state index is 14.8. The Bertz CT molecular complexity index is 1130. The molecule has 2 aromatic carbocycles. The highest BCUT2D eigenvalue weighted by Crippen LogP contribution is 2.27. The average molecular weight is 476 g/mol. The van der Waals surface area contributed by atoms with Gasteiger partial charge in [0.05, 0.1) is 11.2 Å². The molecule has 176 valence electrons. The fourth-order valence-electron chi connectivity index (χ4n) is 3.45. The van der Waals surface area contributed by atoms with Gasteiger partial charge < -0.3 is 36.3 Å². The van der Waals surface area contributed by atoms with Gasteiger partial charge in [-0.05, 0) is 36.4 Å². The molecule has 8 N–H and O–H groups in total. The summed E-state index contributed by atoms with van der Waals surface area (Å²) in [7, 11) is 0. The van der Waals surface area contributed by atoms with E-state index in [0.29, 0.717) is 43.1 Å². The quantitative estimate of drug-likeness (QED) is 0.555. The first-order chi connectivity index (χ1) is 13.5. The molecule has 0 amide bonds. The third-order valence-electron chi connectivity index (χ3n) is 4.87. The predicted molar refractivity (Wildman–Crippen MR) is 120 cm³/mol. The molecule has 9 nitrogen and oxygen atoms in total. The van der Waals surface area contributed by atoms with Gasteiger partial charge in [-0.1, -0.05) is 0 Å². The minimum absolute atomic E-state index is 0. The monoisotopic (exact) mass is 475 g/mol. The van der Waals surface area contributed by atoms with Crippen LogP contribution in [0, 0.1) is 11.6 Å². The van der Waals surface area contributed by atoms with Crippen molar-refractivity contribution < 1.29 is 35.1 Å². The third-order valence-corrected chi connectivity index (χ3v) is 4.87. The summed E-state index contributed by atoms with van der Waals surface area (Å²) in [5.74, 6) is -2.44. The van der Waals surface area contributed by atoms with E-state index in [-0.39, 0.29) is 34.2 Å². The van der Waals surface area contributed by atoms with E-state index in [2.05, 4.69) is 5.32 Å². The summed E-state index contributed by atoms with van der Waals surface area (Å²) in [5, 5.41) is 12.5. The highest BCUT2D eigenvalue weighted by molar-refractivity contribution is 5.94. The Kier molecular flexibility index (Phi) is 10.4. The van der Waals surface area contributed by atoms with Crippen LogP contribution < -0.4 is 15.6 Å². The number of carbonyl (C=O) groups is 1. The van der Waals surface area contributed by atoms with Crippen molar-refractivity contribution in [2.24, 2.45) is 0 Å². The van der Waals surface area contributed by atoms with Crippen LogP contribution >= 0.6 is 12.4 Å². The van der Waals surface area contributed by atoms with Crippen molar-refractivity contribution in [3.05, 3.63) is 70.0 Å². The van der Waals surface area contributed by atoms with E-state index in [1.165, 1.54) is 35.0 Å². The number of aromatic carboxylic acids is 1. The van der Waals surface area contributed by atoms with Crippen molar-refractivity contribution in [2.75, 3.05) is 31.1 Å². The van der Waals surface area contributed by atoms with Gasteiger partial charge in [0.2, 0.25) is 5.43 Å². The standard InChI is InChI=1S/C20H17F2N3O3.ClH.3H2O/c21-12-1-3-13(4-2-12)25-11-15(20(27)28)19(26)14-9-16(22)18(10-17(14)25)24-7-5-23-6-8-24;;;;/h1-4,9-11,23H,5-8H2,(H,27,28);1H;3*1H2. The molecule has 0 atom stereocenters. The topological polar surface area (TPSA) is 169 Å². The second-order valence-electron chi connectivity index (χ2n) is 6.58. The number of nitrogens with zero attached hydrogens (tertiary/aromatic N) is 2. The molecule has 0 unspecified atom stereocenters. The second kappa shape index (κ2) is 11.5. The molecule has 1 saturated heterocycles. The number of aromatic nitrogens is 1. The summed E-state index contributed by atoms with van der Waals surface area (Å²) in [6.07, 6.45) is 1.19. The Balaban J connectivity index is 0.00000240. The van der Waals surface area contributed by atoms with Gasteiger partial charge in [0.1, 0.15) is 17.2 Å². The molecule has 0 spiro atoms. The number of pyridine rings is 1. The molecule has 12 heteroatoms. The van der Waals surface area contributed by atoms with Gasteiger partial charge in [-0.3, -0.25) is 4.79 Å². The highest BCUT2D eigenvalue weighted by Gasteiger charge is 2.20. The molecule has 2 heterocycles. The second-order valence-corrected chi connectivity index (χ2v) is 6.58. The van der Waals surface area contributed by atoms with Gasteiger partial charge in [-0.2, -0.15) is 0 Å². The number of piperazine rings is 1. The molecule has 3 aromatic rings. The molecule has 0 bridgehead atoms. The average Bonchev–Trinajstić information content (AvgIpc) is 2.69. The minimum Gasteiger partial charge on any atom is -0.477 e. The smallest absolute Gasteiger partial charge is 0.341 e. The van der Waals surface area contributed by atoms with Crippen molar-refractivity contribution in [2.45, 2.75) is 0 Å². The van der Waals surface area contributed by atoms with Crippen LogP contribution in [0.15, 0.2) is 47.4 Å². The van der Waals surface area contributed by atoms with Crippen LogP contribution in [-0.2, 0) is 0 Å². The van der Waals surface area contributed by atoms with Crippen LogP contribution in [0.3, 0.4) is 0 Å². The number of halogens is 3. The highest BCUT2D eigenvalue weighted by atomic mass is 35.5. The lowest BCUT2D eigenvalue weighted by Gasteiger charge is -2.30. The van der Waals surface area contributed by atoms with E-state index >= 15 is 0 Å². The number of carboxylic acid groups (broad SMARTS) is 1. The van der Waals surface area contributed by atoms with Gasteiger partial charge >= 0.3 is 5.97 Å². The number of hydrogen-bond acceptors (Lipinski definition) is 4. The lowest BCUT2D eigenvalue weighted by Crippen LogP contribution is -2.43. The van der Waals surface area contributed by atoms with Crippen LogP contribution in [-0.4, -0.2) is 58.3 Å². The summed E-state index contributed by atoms with van der Waals surface area (Å²) in [4.78, 5) is 26.0. The van der Waals surface area contributed by atoms with Crippen LogP contribution in [0.2, 0.25) is 0 Å². The molecule has 1 aliphatic rings. The number of hydrogen-bond donors (Lipinski definition) is 2. The van der Waals surface area contributed by atoms with E-state index in [0.717, 1.165) is 6.07 Å². The van der Waals surface area contributed by atoms with Crippen LogP contribution in [0.4, 0.5) is 14.5 Å². The van der Waals surface area contributed by atoms with Crippen molar-refractivity contribution in [1.82, 2.24) is 9.88 Å². The fraction of sp³-hybridized carbons (Fsp3) is 0.200. The van der Waals surface area contributed by atoms with E-state index in [9.17, 15) is 23.5 Å². The number of benzene rings is 2. The Morgan fingerprint density at radius 2 is 1.59 bits per heavy atom. The van der Waals surface area contributed by atoms with Crippen molar-refractivity contribution in [3.63, 3.8) is 0 Å². The van der Waals surface area contributed by atoms with Crippen LogP contribution in [0.25, 0.3) is 16.6 Å². The van der Waals surface area contributed by atoms with Gasteiger partial charge in [0.25, 0.3) is 0 Å². The first-order valence-electron chi connectivity index (χ1n) is 8.79. The number of carboxylic acids is 1. The van der Waals surface area contributed by atoms with E-state index < -0.39 is 28.6 Å². The Morgan fingerprint density at radius 1 is 1.00 bits per heavy atom. The molecule has 0 radical (unpaired) electrons. The predicted octanol–water partition coefficient (Wildman–Crippen LogP) is 0.324. The Morgan fingerprint density at radius 3 is 2.16 bits per heavy atom. The van der Waals surface area contributed by atoms with Gasteiger partial charge in [-0.15, -0.1) is 12.4 Å². The Hall–Kier alpha value is -3.09. The maximum Gasteiger partial charge on any atom is 0.341 e. The zero-order valence-corrected chi connectivity index (χ0v) is 17.5. The van der Waals surface area contributed by atoms with E-state index in [1.54, 1.807) is 6.07 Å². The van der Waals surface area contributed by atoms with Crippen LogP contribution in [0.5, 0.6) is 0 Å². The Labute approximate surface area is 187 Å². The van der Waals surface area contributed by atoms with Gasteiger partial charge in [-0.25, -0.2) is 13.6 Å². The number of nitrogens with one attached hydrogen (secondary N) is 1. The zero-order valence-electron chi connectivity index (χ0n) is 16.7. The van der Waals surface area contributed by atoms with Gasteiger partial charge in [0.15, 0.2) is 0 Å². The number of anilines is 1. The molecule has 1 aliphatic heterocycles. The third kappa shape index (κ3) is 5.21. The molecular formula is C20H24ClF2N3O6. The van der Waals surface area contributed by atoms with Gasteiger partial charge in [0, 0.05) is 43.4 Å². The number of fused-ring (bicyclic) bond motifs is 1. The zero-order chi connectivity index (χ0) is 19.8.